The number of ether oxygens (including phenoxy) is 1. The van der Waals surface area contributed by atoms with Crippen molar-refractivity contribution in [2.24, 2.45) is 0 Å². The molecule has 2 nitrogen and oxygen atoms in total. The molecule has 0 spiro atoms. The lowest BCUT2D eigenvalue weighted by molar-refractivity contribution is 0.0187. The summed E-state index contributed by atoms with van der Waals surface area (Å²) in [4.78, 5) is 0. The van der Waals surface area contributed by atoms with Gasteiger partial charge < -0.3 is 9.84 Å². The van der Waals surface area contributed by atoms with Crippen LogP contribution in [0.3, 0.4) is 0 Å². The summed E-state index contributed by atoms with van der Waals surface area (Å²) in [6.45, 7) is 4.95. The summed E-state index contributed by atoms with van der Waals surface area (Å²) in [6.07, 6.45) is 4.94. The van der Waals surface area contributed by atoms with Gasteiger partial charge in [0.15, 0.2) is 0 Å². The van der Waals surface area contributed by atoms with E-state index in [4.69, 9.17) is 9.84 Å². The van der Waals surface area contributed by atoms with E-state index < -0.39 is 0 Å². The molecular formula is C13H36O2. The van der Waals surface area contributed by atoms with Crippen molar-refractivity contribution in [3.63, 3.8) is 0 Å². The first-order valence-electron chi connectivity index (χ1n) is 4.57. The van der Waals surface area contributed by atoms with Gasteiger partial charge in [-0.2, -0.15) is 0 Å². The first kappa shape index (κ1) is 29.4. The maximum atomic E-state index is 8.53. The number of aliphatic hydroxyl groups excluding tert-OH is 1. The number of rotatable bonds is 7. The van der Waals surface area contributed by atoms with E-state index in [1.54, 1.807) is 0 Å². The van der Waals surface area contributed by atoms with Crippen molar-refractivity contribution >= 4 is 0 Å². The van der Waals surface area contributed by atoms with Crippen LogP contribution in [0.4, 0.5) is 0 Å². The van der Waals surface area contributed by atoms with Crippen molar-refractivity contribution in [2.75, 3.05) is 13.2 Å². The molecule has 0 rings (SSSR count). The Morgan fingerprint density at radius 2 is 1.33 bits per heavy atom. The van der Waals surface area contributed by atoms with E-state index in [1.807, 2.05) is 0 Å². The van der Waals surface area contributed by atoms with Crippen LogP contribution >= 0.6 is 0 Å². The summed E-state index contributed by atoms with van der Waals surface area (Å²) >= 11 is 0. The highest BCUT2D eigenvalue weighted by Gasteiger charge is 2.04. The average Bonchev–Trinajstić information content (AvgIpc) is 2.01. The Labute approximate surface area is 99.0 Å². The highest BCUT2D eigenvalue weighted by molar-refractivity contribution is 4.55. The van der Waals surface area contributed by atoms with Gasteiger partial charge in [0, 0.05) is 0 Å². The highest BCUT2D eigenvalue weighted by atomic mass is 16.5. The predicted octanol–water partition coefficient (Wildman–Crippen LogP) is 4.51. The van der Waals surface area contributed by atoms with Gasteiger partial charge in [-0.1, -0.05) is 56.4 Å². The summed E-state index contributed by atoms with van der Waals surface area (Å²) in [7, 11) is 0. The number of aliphatic hydroxyl groups is 1. The maximum absolute atomic E-state index is 8.53. The van der Waals surface area contributed by atoms with Crippen molar-refractivity contribution in [3.05, 3.63) is 0 Å². The zero-order chi connectivity index (χ0) is 8.53. The molecule has 0 heterocycles. The third-order valence-corrected chi connectivity index (χ3v) is 1.67. The number of hydrogen-bond acceptors (Lipinski definition) is 2. The highest BCUT2D eigenvalue weighted by Crippen LogP contribution is 2.08. The van der Waals surface area contributed by atoms with Crippen molar-refractivity contribution < 1.29 is 9.84 Å². The first-order chi connectivity index (χ1) is 5.35. The van der Waals surface area contributed by atoms with Gasteiger partial charge in [0.25, 0.3) is 0 Å². The lowest BCUT2D eigenvalue weighted by Gasteiger charge is -2.15. The van der Waals surface area contributed by atoms with Crippen molar-refractivity contribution in [2.45, 2.75) is 75.3 Å². The van der Waals surface area contributed by atoms with Gasteiger partial charge in [0.1, 0.15) is 0 Å². The second kappa shape index (κ2) is 23.6. The molecular weight excluding hydrogens is 188 g/mol. The fourth-order valence-corrected chi connectivity index (χ4v) is 1.17. The zero-order valence-electron chi connectivity index (χ0n) is 7.68. The fourth-order valence-electron chi connectivity index (χ4n) is 1.17. The Hall–Kier alpha value is -0.0800. The van der Waals surface area contributed by atoms with Gasteiger partial charge in [-0.15, -0.1) is 0 Å². The molecule has 0 unspecified atom stereocenters. The van der Waals surface area contributed by atoms with Crippen LogP contribution in [0.15, 0.2) is 0 Å². The minimum atomic E-state index is 0. The van der Waals surface area contributed by atoms with E-state index in [0.29, 0.717) is 12.7 Å². The maximum Gasteiger partial charge on any atom is 0.0701 e. The topological polar surface area (TPSA) is 29.5 Å². The van der Waals surface area contributed by atoms with Gasteiger partial charge in [0.05, 0.1) is 19.3 Å². The lowest BCUT2D eigenvalue weighted by Crippen LogP contribution is -2.14. The van der Waals surface area contributed by atoms with E-state index in [-0.39, 0.29) is 36.3 Å². The van der Waals surface area contributed by atoms with Crippen LogP contribution < -0.4 is 0 Å². The molecule has 0 saturated carbocycles. The smallest absolute Gasteiger partial charge is 0.0701 e. The first-order valence-corrected chi connectivity index (χ1v) is 4.57. The van der Waals surface area contributed by atoms with Gasteiger partial charge in [-0.05, 0) is 12.8 Å². The Kier molecular flexibility index (Phi) is 46.2. The largest absolute Gasteiger partial charge is 0.394 e. The number of hydrogen-bond donors (Lipinski definition) is 1. The van der Waals surface area contributed by atoms with E-state index in [1.165, 1.54) is 0 Å². The Morgan fingerprint density at radius 3 is 1.60 bits per heavy atom. The Bertz CT molecular complexity index is 68.9. The van der Waals surface area contributed by atoms with Crippen LogP contribution in [-0.4, -0.2) is 24.4 Å². The molecule has 0 saturated heterocycles. The molecule has 2 heteroatoms. The van der Waals surface area contributed by atoms with Crippen LogP contribution in [-0.2, 0) is 4.74 Å². The van der Waals surface area contributed by atoms with Crippen LogP contribution in [0.1, 0.15) is 69.2 Å². The van der Waals surface area contributed by atoms with Crippen LogP contribution in [0.2, 0.25) is 0 Å². The molecule has 0 aromatic heterocycles. The molecule has 0 atom stereocenters. The van der Waals surface area contributed by atoms with E-state index >= 15 is 0 Å². The normalized spacial score (nSPS) is 8.00. The molecule has 0 radical (unpaired) electrons. The Morgan fingerprint density at radius 1 is 0.933 bits per heavy atom. The average molecular weight is 224 g/mol. The standard InChI is InChI=1S/C9H20O2.4CH4/c1-3-5-9(6-4-2)11-8-7-10;;;;/h9-10H,3-8H2,1-2H3;4*1H4. The Balaban J connectivity index is -0.0000000833. The summed E-state index contributed by atoms with van der Waals surface area (Å²) < 4.78 is 5.42. The molecule has 0 aliphatic heterocycles. The molecule has 0 bridgehead atoms. The summed E-state index contributed by atoms with van der Waals surface area (Å²) in [5, 5.41) is 8.53. The SMILES string of the molecule is C.C.C.C.CCCC(CCC)OCCO. The third kappa shape index (κ3) is 20.1. The van der Waals surface area contributed by atoms with Crippen molar-refractivity contribution in [3.8, 4) is 0 Å². The molecule has 0 amide bonds. The van der Waals surface area contributed by atoms with Gasteiger partial charge in [-0.3, -0.25) is 0 Å². The summed E-state index contributed by atoms with van der Waals surface area (Å²) in [6, 6.07) is 0. The molecule has 15 heavy (non-hydrogen) atoms. The molecule has 100 valence electrons. The monoisotopic (exact) mass is 224 g/mol. The molecule has 0 aromatic carbocycles. The molecule has 0 fully saturated rings. The minimum Gasteiger partial charge on any atom is -0.394 e. The molecule has 0 aromatic rings. The predicted molar refractivity (Wildman–Crippen MR) is 73.6 cm³/mol. The van der Waals surface area contributed by atoms with E-state index in [9.17, 15) is 0 Å². The summed E-state index contributed by atoms with van der Waals surface area (Å²) in [5.41, 5.74) is 0. The van der Waals surface area contributed by atoms with Crippen LogP contribution in [0, 0.1) is 0 Å². The second-order valence-electron chi connectivity index (χ2n) is 2.79. The van der Waals surface area contributed by atoms with Crippen LogP contribution in [0.25, 0.3) is 0 Å². The minimum absolute atomic E-state index is 0. The van der Waals surface area contributed by atoms with E-state index in [2.05, 4.69) is 13.8 Å². The summed E-state index contributed by atoms with van der Waals surface area (Å²) in [5.74, 6) is 0. The van der Waals surface area contributed by atoms with Gasteiger partial charge in [0.2, 0.25) is 0 Å². The molecule has 0 aliphatic carbocycles. The van der Waals surface area contributed by atoms with Gasteiger partial charge in [-0.25, -0.2) is 0 Å². The third-order valence-electron chi connectivity index (χ3n) is 1.67. The zero-order valence-corrected chi connectivity index (χ0v) is 7.68. The van der Waals surface area contributed by atoms with Gasteiger partial charge >= 0.3 is 0 Å². The molecule has 1 N–H and O–H groups in total. The second-order valence-corrected chi connectivity index (χ2v) is 2.79. The molecule has 0 aliphatic rings. The quantitative estimate of drug-likeness (QED) is 0.689. The lowest BCUT2D eigenvalue weighted by atomic mass is 10.1. The van der Waals surface area contributed by atoms with E-state index in [0.717, 1.165) is 25.7 Å². The van der Waals surface area contributed by atoms with Crippen LogP contribution in [0.5, 0.6) is 0 Å². The van der Waals surface area contributed by atoms with Crippen molar-refractivity contribution in [1.82, 2.24) is 0 Å². The fraction of sp³-hybridized carbons (Fsp3) is 1.00. The van der Waals surface area contributed by atoms with Crippen molar-refractivity contribution in [1.29, 1.82) is 0 Å².